The van der Waals surface area contributed by atoms with Gasteiger partial charge in [0.25, 0.3) is 5.69 Å². The molecule has 0 bridgehead atoms. The molecule has 2 aromatic carbocycles. The quantitative estimate of drug-likeness (QED) is 0.537. The van der Waals surface area contributed by atoms with Gasteiger partial charge in [-0.2, -0.15) is 0 Å². The Morgan fingerprint density at radius 2 is 1.83 bits per heavy atom. The second-order valence-electron chi connectivity index (χ2n) is 5.39. The maximum atomic E-state index is 10.7. The van der Waals surface area contributed by atoms with Crippen LogP contribution in [0.1, 0.15) is 22.8 Å². The largest absolute Gasteiger partial charge is 0.395 e. The highest BCUT2D eigenvalue weighted by molar-refractivity contribution is 5.34. The Morgan fingerprint density at radius 3 is 2.39 bits per heavy atom. The van der Waals surface area contributed by atoms with E-state index < -0.39 is 17.1 Å². The number of nitrogens with zero attached hydrogens (tertiary/aromatic N) is 1. The van der Waals surface area contributed by atoms with Crippen LogP contribution in [0.15, 0.2) is 48.5 Å². The van der Waals surface area contributed by atoms with Crippen molar-refractivity contribution in [3.63, 3.8) is 0 Å². The van der Waals surface area contributed by atoms with Gasteiger partial charge in [-0.25, -0.2) is 0 Å². The predicted octanol–water partition coefficient (Wildman–Crippen LogP) is 2.09. The third kappa shape index (κ3) is 4.35. The van der Waals surface area contributed by atoms with E-state index in [9.17, 15) is 20.3 Å². The Balaban J connectivity index is 2.04. The normalized spacial score (nSPS) is 13.5. The summed E-state index contributed by atoms with van der Waals surface area (Å²) < 4.78 is 0. The molecule has 0 saturated carbocycles. The number of rotatable bonds is 7. The van der Waals surface area contributed by atoms with Crippen LogP contribution in [0, 0.1) is 17.0 Å². The number of benzene rings is 2. The Labute approximate surface area is 134 Å². The fourth-order valence-electron chi connectivity index (χ4n) is 2.35. The summed E-state index contributed by atoms with van der Waals surface area (Å²) in [7, 11) is 0. The lowest BCUT2D eigenvalue weighted by atomic mass is 10.0. The first-order valence-electron chi connectivity index (χ1n) is 7.34. The maximum Gasteiger partial charge on any atom is 0.269 e. The summed E-state index contributed by atoms with van der Waals surface area (Å²) in [5.74, 6) is 0. The molecule has 0 aliphatic rings. The lowest BCUT2D eigenvalue weighted by Crippen LogP contribution is -2.37. The molecule has 0 heterocycles. The van der Waals surface area contributed by atoms with Crippen molar-refractivity contribution in [1.29, 1.82) is 0 Å². The summed E-state index contributed by atoms with van der Waals surface area (Å²) in [5.41, 5.74) is 2.70. The Hall–Kier alpha value is -2.28. The molecule has 0 spiro atoms. The van der Waals surface area contributed by atoms with Crippen molar-refractivity contribution in [3.05, 3.63) is 75.3 Å². The van der Waals surface area contributed by atoms with E-state index in [1.165, 1.54) is 24.3 Å². The molecule has 3 N–H and O–H groups in total. The molecule has 0 aliphatic heterocycles. The minimum atomic E-state index is -0.954. The van der Waals surface area contributed by atoms with Crippen molar-refractivity contribution in [1.82, 2.24) is 5.32 Å². The van der Waals surface area contributed by atoms with E-state index >= 15 is 0 Å². The molecule has 0 aromatic heterocycles. The van der Waals surface area contributed by atoms with Gasteiger partial charge in [-0.05, 0) is 35.7 Å². The number of nitro benzene ring substituents is 1. The van der Waals surface area contributed by atoms with Crippen LogP contribution < -0.4 is 5.32 Å². The Kier molecular flexibility index (Phi) is 5.81. The number of non-ortho nitro benzene ring substituents is 1. The highest BCUT2D eigenvalue weighted by atomic mass is 16.6. The molecule has 2 rings (SSSR count). The number of aliphatic hydroxyl groups excluding tert-OH is 2. The average molecular weight is 316 g/mol. The van der Waals surface area contributed by atoms with Crippen molar-refractivity contribution in [2.45, 2.75) is 25.6 Å². The van der Waals surface area contributed by atoms with E-state index in [4.69, 9.17) is 0 Å². The van der Waals surface area contributed by atoms with Crippen LogP contribution in [0.2, 0.25) is 0 Å². The van der Waals surface area contributed by atoms with Gasteiger partial charge in [0.2, 0.25) is 0 Å². The number of hydrogen-bond acceptors (Lipinski definition) is 5. The molecule has 6 heteroatoms. The second-order valence-corrected chi connectivity index (χ2v) is 5.39. The van der Waals surface area contributed by atoms with E-state index in [-0.39, 0.29) is 12.3 Å². The second kappa shape index (κ2) is 7.82. The minimum Gasteiger partial charge on any atom is -0.395 e. The van der Waals surface area contributed by atoms with Gasteiger partial charge >= 0.3 is 0 Å². The molecule has 2 atom stereocenters. The minimum absolute atomic E-state index is 0.0330. The first-order chi connectivity index (χ1) is 11.0. The zero-order chi connectivity index (χ0) is 16.8. The Bertz CT molecular complexity index is 658. The third-order valence-electron chi connectivity index (χ3n) is 3.84. The molecule has 122 valence electrons. The molecule has 0 amide bonds. The SMILES string of the molecule is Cc1ccccc1CNC(CO)C(O)c1ccc([N+](=O)[O-])cc1. The van der Waals surface area contributed by atoms with Crippen LogP contribution in [0.3, 0.4) is 0 Å². The van der Waals surface area contributed by atoms with E-state index in [0.717, 1.165) is 11.1 Å². The van der Waals surface area contributed by atoms with Crippen molar-refractivity contribution >= 4 is 5.69 Å². The van der Waals surface area contributed by atoms with Gasteiger partial charge in [-0.3, -0.25) is 10.1 Å². The van der Waals surface area contributed by atoms with Crippen LogP contribution in [-0.2, 0) is 6.54 Å². The molecule has 2 aromatic rings. The summed E-state index contributed by atoms with van der Waals surface area (Å²) >= 11 is 0. The number of aliphatic hydroxyl groups is 2. The monoisotopic (exact) mass is 316 g/mol. The van der Waals surface area contributed by atoms with Crippen LogP contribution >= 0.6 is 0 Å². The summed E-state index contributed by atoms with van der Waals surface area (Å²) in [6.45, 7) is 2.27. The summed E-state index contributed by atoms with van der Waals surface area (Å²) in [6, 6.07) is 13.0. The Morgan fingerprint density at radius 1 is 1.17 bits per heavy atom. The van der Waals surface area contributed by atoms with E-state index in [0.29, 0.717) is 12.1 Å². The van der Waals surface area contributed by atoms with Gasteiger partial charge in [0.1, 0.15) is 0 Å². The number of nitro groups is 1. The first-order valence-corrected chi connectivity index (χ1v) is 7.34. The van der Waals surface area contributed by atoms with Gasteiger partial charge in [-0.15, -0.1) is 0 Å². The van der Waals surface area contributed by atoms with E-state index in [1.807, 2.05) is 31.2 Å². The summed E-state index contributed by atoms with van der Waals surface area (Å²) in [6.07, 6.45) is -0.954. The summed E-state index contributed by atoms with van der Waals surface area (Å²) in [4.78, 5) is 10.2. The fourth-order valence-corrected chi connectivity index (χ4v) is 2.35. The zero-order valence-electron chi connectivity index (χ0n) is 12.8. The molecule has 23 heavy (non-hydrogen) atoms. The van der Waals surface area contributed by atoms with Gasteiger partial charge in [0, 0.05) is 18.7 Å². The topological polar surface area (TPSA) is 95.6 Å². The van der Waals surface area contributed by atoms with Crippen molar-refractivity contribution in [2.24, 2.45) is 0 Å². The van der Waals surface area contributed by atoms with E-state index in [1.54, 1.807) is 0 Å². The molecule has 0 saturated heterocycles. The summed E-state index contributed by atoms with van der Waals surface area (Å²) in [5, 5.41) is 33.7. The van der Waals surface area contributed by atoms with Gasteiger partial charge in [0.05, 0.1) is 23.7 Å². The van der Waals surface area contributed by atoms with Gasteiger partial charge < -0.3 is 15.5 Å². The molecule has 0 aliphatic carbocycles. The molecule has 6 nitrogen and oxygen atoms in total. The molecule has 0 radical (unpaired) electrons. The highest BCUT2D eigenvalue weighted by Gasteiger charge is 2.20. The number of aryl methyl sites for hydroxylation is 1. The first kappa shape index (κ1) is 17.1. The van der Waals surface area contributed by atoms with Gasteiger partial charge in [0.15, 0.2) is 0 Å². The van der Waals surface area contributed by atoms with Crippen molar-refractivity contribution < 1.29 is 15.1 Å². The third-order valence-corrected chi connectivity index (χ3v) is 3.84. The van der Waals surface area contributed by atoms with Crippen molar-refractivity contribution in [2.75, 3.05) is 6.61 Å². The van der Waals surface area contributed by atoms with Crippen LogP contribution in [0.4, 0.5) is 5.69 Å². The van der Waals surface area contributed by atoms with Crippen LogP contribution in [0.5, 0.6) is 0 Å². The van der Waals surface area contributed by atoms with E-state index in [2.05, 4.69) is 5.32 Å². The number of hydrogen-bond donors (Lipinski definition) is 3. The maximum absolute atomic E-state index is 10.7. The molecule has 0 fully saturated rings. The van der Waals surface area contributed by atoms with Gasteiger partial charge in [-0.1, -0.05) is 24.3 Å². The fraction of sp³-hybridized carbons (Fsp3) is 0.294. The van der Waals surface area contributed by atoms with Crippen LogP contribution in [-0.4, -0.2) is 27.8 Å². The molecular formula is C17H20N2O4. The molecule has 2 unspecified atom stereocenters. The van der Waals surface area contributed by atoms with Crippen molar-refractivity contribution in [3.8, 4) is 0 Å². The zero-order valence-corrected chi connectivity index (χ0v) is 12.8. The lowest BCUT2D eigenvalue weighted by Gasteiger charge is -2.23. The lowest BCUT2D eigenvalue weighted by molar-refractivity contribution is -0.384. The standard InChI is InChI=1S/C17H20N2O4/c1-12-4-2-3-5-14(12)10-18-16(11-20)17(21)13-6-8-15(9-7-13)19(22)23/h2-9,16-18,20-21H,10-11H2,1H3. The smallest absolute Gasteiger partial charge is 0.269 e. The predicted molar refractivity (Wildman–Crippen MR) is 86.9 cm³/mol. The van der Waals surface area contributed by atoms with Crippen LogP contribution in [0.25, 0.3) is 0 Å². The highest BCUT2D eigenvalue weighted by Crippen LogP contribution is 2.21. The average Bonchev–Trinajstić information content (AvgIpc) is 2.56. The number of nitrogens with one attached hydrogen (secondary N) is 1. The molecular weight excluding hydrogens is 296 g/mol.